The molecule has 2 atom stereocenters. The Balaban J connectivity index is 2.62. The average Bonchev–Trinajstić information content (AvgIpc) is 2.35. The molecule has 0 aromatic carbocycles. The van der Waals surface area contributed by atoms with E-state index in [-0.39, 0.29) is 17.9 Å². The maximum atomic E-state index is 11.4. The van der Waals surface area contributed by atoms with Gasteiger partial charge in [0.2, 0.25) is 5.91 Å². The van der Waals surface area contributed by atoms with Gasteiger partial charge >= 0.3 is 0 Å². The van der Waals surface area contributed by atoms with E-state index in [1.54, 1.807) is 7.05 Å². The van der Waals surface area contributed by atoms with E-state index >= 15 is 0 Å². The highest BCUT2D eigenvalue weighted by Gasteiger charge is 2.30. The molecule has 1 aliphatic carbocycles. The van der Waals surface area contributed by atoms with Gasteiger partial charge in [-0.1, -0.05) is 19.8 Å². The molecule has 0 aromatic rings. The Bertz CT molecular complexity index is 272. The zero-order valence-corrected chi connectivity index (χ0v) is 10.2. The molecular weight excluding hydrogens is 202 g/mol. The first-order valence-electron chi connectivity index (χ1n) is 6.07. The summed E-state index contributed by atoms with van der Waals surface area (Å²) in [4.78, 5) is 13.5. The van der Waals surface area contributed by atoms with Crippen LogP contribution in [0.25, 0.3) is 0 Å². The molecule has 90 valence electrons. The zero-order chi connectivity index (χ0) is 12.0. The quantitative estimate of drug-likeness (QED) is 0.777. The van der Waals surface area contributed by atoms with Crippen molar-refractivity contribution in [2.45, 2.75) is 38.6 Å². The summed E-state index contributed by atoms with van der Waals surface area (Å²) < 4.78 is 0. The first kappa shape index (κ1) is 13.0. The van der Waals surface area contributed by atoms with Crippen LogP contribution in [0.3, 0.4) is 0 Å². The molecule has 0 heterocycles. The molecule has 0 spiro atoms. The Labute approximate surface area is 97.6 Å². The molecule has 1 saturated carbocycles. The largest absolute Gasteiger partial charge is 0.358 e. The number of rotatable bonds is 4. The van der Waals surface area contributed by atoms with Gasteiger partial charge in [0.15, 0.2) is 0 Å². The summed E-state index contributed by atoms with van der Waals surface area (Å²) in [6.45, 7) is 3.29. The third-order valence-electron chi connectivity index (χ3n) is 3.40. The van der Waals surface area contributed by atoms with Crippen molar-refractivity contribution in [1.82, 2.24) is 10.2 Å². The number of carbonyl (C=O) groups is 1. The molecule has 0 aromatic heterocycles. The highest BCUT2D eigenvalue weighted by molar-refractivity contribution is 5.77. The van der Waals surface area contributed by atoms with Crippen molar-refractivity contribution in [2.24, 2.45) is 5.92 Å². The molecule has 1 aliphatic rings. The summed E-state index contributed by atoms with van der Waals surface area (Å²) in [7, 11) is 1.65. The van der Waals surface area contributed by atoms with Gasteiger partial charge in [0.05, 0.1) is 18.5 Å². The van der Waals surface area contributed by atoms with Crippen LogP contribution in [0.4, 0.5) is 0 Å². The van der Waals surface area contributed by atoms with E-state index in [1.165, 1.54) is 6.42 Å². The lowest BCUT2D eigenvalue weighted by Crippen LogP contribution is -2.46. The second-order valence-electron chi connectivity index (χ2n) is 4.32. The molecule has 0 saturated heterocycles. The van der Waals surface area contributed by atoms with Crippen LogP contribution < -0.4 is 5.32 Å². The fraction of sp³-hybridized carbons (Fsp3) is 0.833. The number of amides is 1. The summed E-state index contributed by atoms with van der Waals surface area (Å²) in [5.41, 5.74) is 0. The van der Waals surface area contributed by atoms with Crippen molar-refractivity contribution in [3.8, 4) is 6.07 Å². The van der Waals surface area contributed by atoms with Gasteiger partial charge in [-0.15, -0.1) is 0 Å². The minimum Gasteiger partial charge on any atom is -0.358 e. The third-order valence-corrected chi connectivity index (χ3v) is 3.40. The second kappa shape index (κ2) is 6.49. The van der Waals surface area contributed by atoms with Gasteiger partial charge < -0.3 is 5.32 Å². The number of carbonyl (C=O) groups excluding carboxylic acids is 1. The minimum atomic E-state index is 0.0316. The van der Waals surface area contributed by atoms with E-state index in [1.807, 2.05) is 6.92 Å². The van der Waals surface area contributed by atoms with Crippen molar-refractivity contribution >= 4 is 5.91 Å². The van der Waals surface area contributed by atoms with Crippen molar-refractivity contribution < 1.29 is 4.79 Å². The highest BCUT2D eigenvalue weighted by atomic mass is 16.1. The van der Waals surface area contributed by atoms with E-state index in [9.17, 15) is 4.79 Å². The fourth-order valence-corrected chi connectivity index (χ4v) is 2.43. The average molecular weight is 223 g/mol. The maximum Gasteiger partial charge on any atom is 0.233 e. The molecule has 0 aliphatic heterocycles. The van der Waals surface area contributed by atoms with Crippen LogP contribution >= 0.6 is 0 Å². The smallest absolute Gasteiger partial charge is 0.233 e. The van der Waals surface area contributed by atoms with Gasteiger partial charge in [0, 0.05) is 13.1 Å². The maximum absolute atomic E-state index is 11.4. The highest BCUT2D eigenvalue weighted by Crippen LogP contribution is 2.27. The molecule has 1 N–H and O–H groups in total. The summed E-state index contributed by atoms with van der Waals surface area (Å²) >= 11 is 0. The molecule has 16 heavy (non-hydrogen) atoms. The van der Waals surface area contributed by atoms with Crippen LogP contribution in [0, 0.1) is 17.2 Å². The van der Waals surface area contributed by atoms with E-state index in [0.29, 0.717) is 6.54 Å². The summed E-state index contributed by atoms with van der Waals surface area (Å²) in [5.74, 6) is 0.127. The van der Waals surface area contributed by atoms with Gasteiger partial charge in [-0.2, -0.15) is 5.26 Å². The molecule has 0 bridgehead atoms. The molecule has 0 radical (unpaired) electrons. The Hall–Kier alpha value is -1.08. The fourth-order valence-electron chi connectivity index (χ4n) is 2.43. The molecular formula is C12H21N3O. The summed E-state index contributed by atoms with van der Waals surface area (Å²) in [5, 5.41) is 11.8. The predicted molar refractivity (Wildman–Crippen MR) is 62.7 cm³/mol. The Morgan fingerprint density at radius 3 is 2.75 bits per heavy atom. The standard InChI is InChI=1S/C12H21N3O/c1-3-15(9-12(16)14-2)11-7-5-4-6-10(11)8-13/h10-11H,3-7,9H2,1-2H3,(H,14,16). The molecule has 2 unspecified atom stereocenters. The van der Waals surface area contributed by atoms with Crippen LogP contribution in [-0.4, -0.2) is 37.0 Å². The van der Waals surface area contributed by atoms with Crippen molar-refractivity contribution in [3.63, 3.8) is 0 Å². The van der Waals surface area contributed by atoms with E-state index < -0.39 is 0 Å². The van der Waals surface area contributed by atoms with Gasteiger partial charge in [-0.3, -0.25) is 9.69 Å². The van der Waals surface area contributed by atoms with Crippen LogP contribution in [0.5, 0.6) is 0 Å². The number of nitrogens with one attached hydrogen (secondary N) is 1. The predicted octanol–water partition coefficient (Wildman–Crippen LogP) is 1.14. The normalized spacial score (nSPS) is 25.1. The summed E-state index contributed by atoms with van der Waals surface area (Å²) in [6.07, 6.45) is 4.34. The SMILES string of the molecule is CCN(CC(=O)NC)C1CCCCC1C#N. The zero-order valence-electron chi connectivity index (χ0n) is 10.2. The monoisotopic (exact) mass is 223 g/mol. The number of hydrogen-bond acceptors (Lipinski definition) is 3. The molecule has 4 nitrogen and oxygen atoms in total. The van der Waals surface area contributed by atoms with E-state index in [2.05, 4.69) is 16.3 Å². The summed E-state index contributed by atoms with van der Waals surface area (Å²) in [6, 6.07) is 2.65. The Morgan fingerprint density at radius 1 is 1.50 bits per heavy atom. The molecule has 1 fully saturated rings. The van der Waals surface area contributed by atoms with Crippen molar-refractivity contribution in [1.29, 1.82) is 5.26 Å². The molecule has 1 amide bonds. The Kier molecular flexibility index (Phi) is 5.27. The van der Waals surface area contributed by atoms with Gasteiger partial charge in [-0.25, -0.2) is 0 Å². The number of nitrogens with zero attached hydrogens (tertiary/aromatic N) is 2. The van der Waals surface area contributed by atoms with Crippen LogP contribution in [0.2, 0.25) is 0 Å². The lowest BCUT2D eigenvalue weighted by Gasteiger charge is -2.36. The second-order valence-corrected chi connectivity index (χ2v) is 4.32. The van der Waals surface area contributed by atoms with E-state index in [0.717, 1.165) is 25.8 Å². The Morgan fingerprint density at radius 2 is 2.19 bits per heavy atom. The van der Waals surface area contributed by atoms with Gasteiger partial charge in [-0.05, 0) is 19.4 Å². The lowest BCUT2D eigenvalue weighted by molar-refractivity contribution is -0.122. The number of likely N-dealkylation sites (N-methyl/N-ethyl adjacent to an activating group) is 2. The number of hydrogen-bond donors (Lipinski definition) is 1. The van der Waals surface area contributed by atoms with Crippen LogP contribution in [0.15, 0.2) is 0 Å². The topological polar surface area (TPSA) is 56.1 Å². The van der Waals surface area contributed by atoms with Crippen LogP contribution in [0.1, 0.15) is 32.6 Å². The van der Waals surface area contributed by atoms with E-state index in [4.69, 9.17) is 5.26 Å². The molecule has 1 rings (SSSR count). The third kappa shape index (κ3) is 3.21. The molecule has 4 heteroatoms. The minimum absolute atomic E-state index is 0.0316. The van der Waals surface area contributed by atoms with Gasteiger partial charge in [0.1, 0.15) is 0 Å². The first-order chi connectivity index (χ1) is 7.72. The van der Waals surface area contributed by atoms with Crippen molar-refractivity contribution in [3.05, 3.63) is 0 Å². The van der Waals surface area contributed by atoms with Crippen molar-refractivity contribution in [2.75, 3.05) is 20.1 Å². The van der Waals surface area contributed by atoms with Gasteiger partial charge in [0.25, 0.3) is 0 Å². The first-order valence-corrected chi connectivity index (χ1v) is 6.07. The number of nitriles is 1. The van der Waals surface area contributed by atoms with Crippen LogP contribution in [-0.2, 0) is 4.79 Å². The lowest BCUT2D eigenvalue weighted by atomic mass is 9.84.